The van der Waals surface area contributed by atoms with Crippen LogP contribution in [-0.4, -0.2) is 44.6 Å². The number of hydrogen-bond acceptors (Lipinski definition) is 6. The van der Waals surface area contributed by atoms with E-state index in [0.717, 1.165) is 10.6 Å². The van der Waals surface area contributed by atoms with Gasteiger partial charge in [0, 0.05) is 18.8 Å². The number of nitrogens with two attached hydrogens (primary N) is 1. The van der Waals surface area contributed by atoms with Gasteiger partial charge in [-0.2, -0.15) is 0 Å². The average Bonchev–Trinajstić information content (AvgIpc) is 2.57. The molecule has 1 aromatic rings. The van der Waals surface area contributed by atoms with Gasteiger partial charge in [-0.3, -0.25) is 14.3 Å². The first kappa shape index (κ1) is 12.0. The SMILES string of the molecule is NC[C@H]1O[C@@H](n2ccc(=O)[nH]c2=O)C(O)C1O. The van der Waals surface area contributed by atoms with Crippen LogP contribution < -0.4 is 17.0 Å². The van der Waals surface area contributed by atoms with Gasteiger partial charge in [-0.05, 0) is 0 Å². The number of aromatic amines is 1. The van der Waals surface area contributed by atoms with E-state index >= 15 is 0 Å². The third-order valence-electron chi connectivity index (χ3n) is 2.69. The number of aliphatic hydroxyl groups is 2. The van der Waals surface area contributed by atoms with Crippen LogP contribution in [0.1, 0.15) is 6.23 Å². The van der Waals surface area contributed by atoms with Gasteiger partial charge in [-0.15, -0.1) is 0 Å². The van der Waals surface area contributed by atoms with Crippen molar-refractivity contribution in [3.8, 4) is 0 Å². The maximum absolute atomic E-state index is 11.5. The van der Waals surface area contributed by atoms with Crippen LogP contribution in [0.2, 0.25) is 0 Å². The minimum Gasteiger partial charge on any atom is -0.387 e. The maximum Gasteiger partial charge on any atom is 0.330 e. The molecule has 8 nitrogen and oxygen atoms in total. The lowest BCUT2D eigenvalue weighted by molar-refractivity contribution is -0.0372. The van der Waals surface area contributed by atoms with Gasteiger partial charge in [0.2, 0.25) is 0 Å². The molecule has 1 saturated heterocycles. The molecule has 0 bridgehead atoms. The van der Waals surface area contributed by atoms with E-state index in [0.29, 0.717) is 0 Å². The summed E-state index contributed by atoms with van der Waals surface area (Å²) in [7, 11) is 0. The number of aromatic nitrogens is 2. The Morgan fingerprint density at radius 1 is 1.41 bits per heavy atom. The van der Waals surface area contributed by atoms with Crippen molar-refractivity contribution in [1.29, 1.82) is 0 Å². The summed E-state index contributed by atoms with van der Waals surface area (Å²) < 4.78 is 6.26. The van der Waals surface area contributed by atoms with E-state index < -0.39 is 35.8 Å². The van der Waals surface area contributed by atoms with Gasteiger partial charge in [-0.25, -0.2) is 4.79 Å². The minimum atomic E-state index is -1.27. The highest BCUT2D eigenvalue weighted by molar-refractivity contribution is 4.93. The number of H-pyrrole nitrogens is 1. The molecule has 1 aromatic heterocycles. The Morgan fingerprint density at radius 3 is 2.65 bits per heavy atom. The van der Waals surface area contributed by atoms with Gasteiger partial charge >= 0.3 is 5.69 Å². The van der Waals surface area contributed by atoms with Crippen molar-refractivity contribution >= 4 is 0 Å². The van der Waals surface area contributed by atoms with E-state index in [-0.39, 0.29) is 6.54 Å². The Kier molecular flexibility index (Phi) is 3.11. The van der Waals surface area contributed by atoms with Crippen LogP contribution in [0, 0.1) is 0 Å². The topological polar surface area (TPSA) is 131 Å². The number of hydrogen-bond donors (Lipinski definition) is 4. The highest BCUT2D eigenvalue weighted by atomic mass is 16.6. The number of nitrogens with zero attached hydrogens (tertiary/aromatic N) is 1. The zero-order valence-electron chi connectivity index (χ0n) is 8.81. The highest BCUT2D eigenvalue weighted by Gasteiger charge is 2.43. The van der Waals surface area contributed by atoms with E-state index in [1.807, 2.05) is 4.98 Å². The quantitative estimate of drug-likeness (QED) is 0.441. The molecule has 17 heavy (non-hydrogen) atoms. The summed E-state index contributed by atoms with van der Waals surface area (Å²) in [5.41, 5.74) is 4.08. The summed E-state index contributed by atoms with van der Waals surface area (Å²) in [5, 5.41) is 19.3. The van der Waals surface area contributed by atoms with Crippen molar-refractivity contribution in [2.45, 2.75) is 24.5 Å². The molecule has 1 aliphatic rings. The second-order valence-electron chi connectivity index (χ2n) is 3.80. The zero-order valence-corrected chi connectivity index (χ0v) is 8.81. The van der Waals surface area contributed by atoms with Crippen molar-refractivity contribution in [2.75, 3.05) is 6.54 Å². The molecule has 94 valence electrons. The number of aliphatic hydroxyl groups excluding tert-OH is 2. The third-order valence-corrected chi connectivity index (χ3v) is 2.69. The zero-order chi connectivity index (χ0) is 12.6. The van der Waals surface area contributed by atoms with E-state index in [1.165, 1.54) is 6.20 Å². The fraction of sp³-hybridized carbons (Fsp3) is 0.556. The predicted molar refractivity (Wildman–Crippen MR) is 56.3 cm³/mol. The highest BCUT2D eigenvalue weighted by Crippen LogP contribution is 2.27. The summed E-state index contributed by atoms with van der Waals surface area (Å²) >= 11 is 0. The molecule has 5 N–H and O–H groups in total. The van der Waals surface area contributed by atoms with Gasteiger partial charge in [0.15, 0.2) is 6.23 Å². The van der Waals surface area contributed by atoms with Crippen LogP contribution in [0.25, 0.3) is 0 Å². The second kappa shape index (κ2) is 4.41. The first-order valence-corrected chi connectivity index (χ1v) is 5.07. The molecule has 8 heteroatoms. The standard InChI is InChI=1S/C9H13N3O5/c10-3-4-6(14)7(15)8(17-4)12-2-1-5(13)11-9(12)16/h1-2,4,6-8,14-15H,3,10H2,(H,11,13,16)/t4-,6?,7?,8-/m1/s1. The Labute approximate surface area is 95.3 Å². The molecule has 0 amide bonds. The number of rotatable bonds is 2. The van der Waals surface area contributed by atoms with Crippen molar-refractivity contribution in [2.24, 2.45) is 5.73 Å². The smallest absolute Gasteiger partial charge is 0.330 e. The number of ether oxygens (including phenoxy) is 1. The molecule has 1 fully saturated rings. The summed E-state index contributed by atoms with van der Waals surface area (Å²) in [6, 6.07) is 1.12. The molecular formula is C9H13N3O5. The van der Waals surface area contributed by atoms with E-state index in [1.54, 1.807) is 0 Å². The molecule has 0 saturated carbocycles. The molecule has 2 unspecified atom stereocenters. The van der Waals surface area contributed by atoms with Crippen LogP contribution in [0.3, 0.4) is 0 Å². The van der Waals surface area contributed by atoms with Gasteiger partial charge < -0.3 is 20.7 Å². The van der Waals surface area contributed by atoms with Crippen molar-refractivity contribution < 1.29 is 14.9 Å². The van der Waals surface area contributed by atoms with Crippen molar-refractivity contribution in [1.82, 2.24) is 9.55 Å². The maximum atomic E-state index is 11.5. The Morgan fingerprint density at radius 2 is 2.12 bits per heavy atom. The van der Waals surface area contributed by atoms with Gasteiger partial charge in [0.05, 0.1) is 0 Å². The molecule has 2 heterocycles. The van der Waals surface area contributed by atoms with Crippen LogP contribution in [0.5, 0.6) is 0 Å². The fourth-order valence-electron chi connectivity index (χ4n) is 1.78. The third kappa shape index (κ3) is 2.03. The molecule has 0 radical (unpaired) electrons. The molecular weight excluding hydrogens is 230 g/mol. The predicted octanol–water partition coefficient (Wildman–Crippen LogP) is -2.89. The van der Waals surface area contributed by atoms with Crippen LogP contribution >= 0.6 is 0 Å². The molecule has 2 rings (SSSR count). The lowest BCUT2D eigenvalue weighted by atomic mass is 10.1. The Balaban J connectivity index is 2.35. The first-order chi connectivity index (χ1) is 8.04. The fourth-order valence-corrected chi connectivity index (χ4v) is 1.78. The lowest BCUT2D eigenvalue weighted by Gasteiger charge is -2.16. The van der Waals surface area contributed by atoms with Crippen LogP contribution in [0.4, 0.5) is 0 Å². The van der Waals surface area contributed by atoms with Gasteiger partial charge in [0.1, 0.15) is 18.3 Å². The van der Waals surface area contributed by atoms with E-state index in [9.17, 15) is 19.8 Å². The van der Waals surface area contributed by atoms with Crippen molar-refractivity contribution in [3.63, 3.8) is 0 Å². The van der Waals surface area contributed by atoms with E-state index in [2.05, 4.69) is 0 Å². The number of nitrogens with one attached hydrogen (secondary N) is 1. The molecule has 0 aliphatic carbocycles. The summed E-state index contributed by atoms with van der Waals surface area (Å²) in [6.45, 7) is 0.0207. The largest absolute Gasteiger partial charge is 0.387 e. The van der Waals surface area contributed by atoms with Crippen molar-refractivity contribution in [3.05, 3.63) is 33.1 Å². The summed E-state index contributed by atoms with van der Waals surface area (Å²) in [4.78, 5) is 24.4. The second-order valence-corrected chi connectivity index (χ2v) is 3.80. The normalized spacial score (nSPS) is 32.9. The first-order valence-electron chi connectivity index (χ1n) is 5.07. The molecule has 0 aromatic carbocycles. The average molecular weight is 243 g/mol. The summed E-state index contributed by atoms with van der Waals surface area (Å²) in [5.74, 6) is 0. The van der Waals surface area contributed by atoms with Crippen LogP contribution in [0.15, 0.2) is 21.9 Å². The Bertz CT molecular complexity index is 510. The molecule has 1 aliphatic heterocycles. The van der Waals surface area contributed by atoms with Gasteiger partial charge in [-0.1, -0.05) is 0 Å². The van der Waals surface area contributed by atoms with Crippen LogP contribution in [-0.2, 0) is 4.74 Å². The monoisotopic (exact) mass is 243 g/mol. The van der Waals surface area contributed by atoms with E-state index in [4.69, 9.17) is 10.5 Å². The Hall–Kier alpha value is -1.48. The lowest BCUT2D eigenvalue weighted by Crippen LogP contribution is -2.38. The van der Waals surface area contributed by atoms with Gasteiger partial charge in [0.25, 0.3) is 5.56 Å². The minimum absolute atomic E-state index is 0.0207. The molecule has 0 spiro atoms. The summed E-state index contributed by atoms with van der Waals surface area (Å²) in [6.07, 6.45) is -3.03. The molecule has 4 atom stereocenters.